The van der Waals surface area contributed by atoms with Gasteiger partial charge >= 0.3 is 5.97 Å². The molecule has 0 N–H and O–H groups in total. The summed E-state index contributed by atoms with van der Waals surface area (Å²) < 4.78 is 6.56. The van der Waals surface area contributed by atoms with Gasteiger partial charge in [-0.05, 0) is 35.9 Å². The molecule has 0 aliphatic carbocycles. The van der Waals surface area contributed by atoms with Crippen LogP contribution in [0.5, 0.6) is 0 Å². The average Bonchev–Trinajstić information content (AvgIpc) is 3.14. The number of fused-ring (bicyclic) bond motifs is 2. The van der Waals surface area contributed by atoms with E-state index in [9.17, 15) is 9.59 Å². The molecule has 1 aromatic heterocycles. The molecule has 0 aliphatic heterocycles. The van der Waals surface area contributed by atoms with Crippen molar-refractivity contribution in [1.82, 2.24) is 9.88 Å². The molecule has 1 amide bonds. The molecule has 5 nitrogen and oxygen atoms in total. The van der Waals surface area contributed by atoms with Crippen molar-refractivity contribution in [2.75, 3.05) is 7.05 Å². The van der Waals surface area contributed by atoms with Crippen molar-refractivity contribution in [2.24, 2.45) is 0 Å². The van der Waals surface area contributed by atoms with Crippen LogP contribution in [0.3, 0.4) is 0 Å². The van der Waals surface area contributed by atoms with Crippen LogP contribution in [0.2, 0.25) is 0 Å². The Morgan fingerprint density at radius 2 is 1.76 bits per heavy atom. The summed E-state index contributed by atoms with van der Waals surface area (Å²) in [5.74, 6) is -0.770. The molecule has 0 fully saturated rings. The van der Waals surface area contributed by atoms with E-state index in [0.29, 0.717) is 12.1 Å². The average molecular weight is 404 g/mol. The van der Waals surface area contributed by atoms with Crippen LogP contribution in [0, 0.1) is 0 Å². The second kappa shape index (κ2) is 8.01. The minimum Gasteiger partial charge on any atom is -0.449 e. The molecule has 6 heteroatoms. The molecule has 1 unspecified atom stereocenters. The molecule has 3 aromatic carbocycles. The van der Waals surface area contributed by atoms with E-state index in [1.807, 2.05) is 60.7 Å². The first-order valence-corrected chi connectivity index (χ1v) is 10.1. The van der Waals surface area contributed by atoms with E-state index in [4.69, 9.17) is 4.74 Å². The number of nitrogens with zero attached hydrogens (tertiary/aromatic N) is 2. The van der Waals surface area contributed by atoms with Gasteiger partial charge in [-0.25, -0.2) is 9.78 Å². The molecule has 146 valence electrons. The monoisotopic (exact) mass is 404 g/mol. The molecule has 1 heterocycles. The van der Waals surface area contributed by atoms with Gasteiger partial charge in [-0.1, -0.05) is 48.5 Å². The zero-order chi connectivity index (χ0) is 20.4. The highest BCUT2D eigenvalue weighted by Gasteiger charge is 2.23. The summed E-state index contributed by atoms with van der Waals surface area (Å²) >= 11 is 1.55. The third-order valence-electron chi connectivity index (χ3n) is 4.73. The first kappa shape index (κ1) is 19.1. The number of rotatable bonds is 5. The molecule has 1 atom stereocenters. The third-order valence-corrected chi connectivity index (χ3v) is 5.75. The molecule has 29 heavy (non-hydrogen) atoms. The number of esters is 1. The lowest BCUT2D eigenvalue weighted by molar-refractivity contribution is -0.139. The van der Waals surface area contributed by atoms with E-state index in [2.05, 4.69) is 4.98 Å². The number of aromatic nitrogens is 1. The van der Waals surface area contributed by atoms with E-state index in [-0.39, 0.29) is 5.91 Å². The smallest absolute Gasteiger partial charge is 0.339 e. The lowest BCUT2D eigenvalue weighted by Crippen LogP contribution is -2.37. The van der Waals surface area contributed by atoms with E-state index >= 15 is 0 Å². The summed E-state index contributed by atoms with van der Waals surface area (Å²) in [5, 5.41) is 2.60. The second-order valence-corrected chi connectivity index (χ2v) is 7.96. The van der Waals surface area contributed by atoms with Gasteiger partial charge < -0.3 is 9.64 Å². The molecule has 0 spiro atoms. The molecule has 0 bridgehead atoms. The van der Waals surface area contributed by atoms with Crippen molar-refractivity contribution in [3.05, 3.63) is 77.3 Å². The second-order valence-electron chi connectivity index (χ2n) is 6.84. The maximum atomic E-state index is 12.7. The lowest BCUT2D eigenvalue weighted by atomic mass is 10.0. The Labute approximate surface area is 172 Å². The normalized spacial score (nSPS) is 12.1. The minimum absolute atomic E-state index is 0.266. The largest absolute Gasteiger partial charge is 0.449 e. The summed E-state index contributed by atoms with van der Waals surface area (Å²) in [7, 11) is 1.69. The predicted octanol–water partition coefficient (Wildman–Crippen LogP) is 4.65. The Morgan fingerprint density at radius 1 is 1.03 bits per heavy atom. The van der Waals surface area contributed by atoms with Gasteiger partial charge in [-0.2, -0.15) is 0 Å². The number of hydrogen-bond acceptors (Lipinski definition) is 5. The van der Waals surface area contributed by atoms with Gasteiger partial charge in [-0.15, -0.1) is 11.3 Å². The zero-order valence-corrected chi connectivity index (χ0v) is 17.0. The summed E-state index contributed by atoms with van der Waals surface area (Å²) in [6, 6.07) is 20.9. The van der Waals surface area contributed by atoms with E-state index in [0.717, 1.165) is 26.0 Å². The quantitative estimate of drug-likeness (QED) is 0.454. The lowest BCUT2D eigenvalue weighted by Gasteiger charge is -2.20. The van der Waals surface area contributed by atoms with Gasteiger partial charge in [-0.3, -0.25) is 4.79 Å². The van der Waals surface area contributed by atoms with Crippen molar-refractivity contribution < 1.29 is 14.3 Å². The Morgan fingerprint density at radius 3 is 2.59 bits per heavy atom. The van der Waals surface area contributed by atoms with E-state index in [1.54, 1.807) is 36.3 Å². The number of para-hydroxylation sites is 1. The van der Waals surface area contributed by atoms with Crippen molar-refractivity contribution >= 4 is 44.2 Å². The van der Waals surface area contributed by atoms with Crippen molar-refractivity contribution in [3.8, 4) is 0 Å². The van der Waals surface area contributed by atoms with Crippen LogP contribution in [0.1, 0.15) is 22.3 Å². The van der Waals surface area contributed by atoms with Crippen LogP contribution >= 0.6 is 11.3 Å². The molecular formula is C23H20N2O3S. The Bertz CT molecular complexity index is 1160. The molecule has 4 aromatic rings. The first-order chi connectivity index (χ1) is 14.0. The zero-order valence-electron chi connectivity index (χ0n) is 16.2. The summed E-state index contributed by atoms with van der Waals surface area (Å²) in [4.78, 5) is 31.5. The maximum Gasteiger partial charge on any atom is 0.339 e. The fraction of sp³-hybridized carbons (Fsp3) is 0.174. The van der Waals surface area contributed by atoms with Crippen molar-refractivity contribution in [2.45, 2.75) is 19.6 Å². The number of carbonyl (C=O) groups excluding carboxylic acids is 2. The van der Waals surface area contributed by atoms with Crippen molar-refractivity contribution in [3.63, 3.8) is 0 Å². The summed E-state index contributed by atoms with van der Waals surface area (Å²) in [6.07, 6.45) is -0.888. The van der Waals surface area contributed by atoms with E-state index < -0.39 is 12.1 Å². The van der Waals surface area contributed by atoms with Crippen LogP contribution < -0.4 is 0 Å². The van der Waals surface area contributed by atoms with Gasteiger partial charge in [0.25, 0.3) is 5.91 Å². The fourth-order valence-corrected chi connectivity index (χ4v) is 4.28. The van der Waals surface area contributed by atoms with Crippen LogP contribution in [0.4, 0.5) is 0 Å². The molecule has 0 radical (unpaired) electrons. The van der Waals surface area contributed by atoms with Crippen LogP contribution in [-0.4, -0.2) is 34.9 Å². The molecule has 0 saturated heterocycles. The number of ether oxygens (including phenoxy) is 1. The Kier molecular flexibility index (Phi) is 5.27. The van der Waals surface area contributed by atoms with Crippen LogP contribution in [0.15, 0.2) is 66.7 Å². The third kappa shape index (κ3) is 3.98. The maximum absolute atomic E-state index is 12.7. The van der Waals surface area contributed by atoms with Crippen molar-refractivity contribution in [1.29, 1.82) is 0 Å². The first-order valence-electron chi connectivity index (χ1n) is 9.31. The predicted molar refractivity (Wildman–Crippen MR) is 115 cm³/mol. The standard InChI is InChI=1S/C23H20N2O3S/c1-15(28-23(27)18-11-7-9-16-8-3-4-10-17(16)18)22(26)25(2)14-21-24-19-12-5-6-13-20(19)29-21/h3-13,15H,14H2,1-2H3. The van der Waals surface area contributed by atoms with Gasteiger partial charge in [0.05, 0.1) is 22.3 Å². The summed E-state index contributed by atoms with van der Waals surface area (Å²) in [5.41, 5.74) is 1.38. The van der Waals surface area contributed by atoms with Gasteiger partial charge in [0, 0.05) is 7.05 Å². The minimum atomic E-state index is -0.888. The van der Waals surface area contributed by atoms with E-state index in [1.165, 1.54) is 0 Å². The van der Waals surface area contributed by atoms with Gasteiger partial charge in [0.15, 0.2) is 6.10 Å². The Hall–Kier alpha value is -3.25. The SMILES string of the molecule is CC(OC(=O)c1cccc2ccccc12)C(=O)N(C)Cc1nc2ccccc2s1. The highest BCUT2D eigenvalue weighted by Crippen LogP contribution is 2.23. The number of carbonyl (C=O) groups is 2. The van der Waals surface area contributed by atoms with Gasteiger partial charge in [0.1, 0.15) is 5.01 Å². The number of likely N-dealkylation sites (N-methyl/N-ethyl adjacent to an activating group) is 1. The molecule has 0 aliphatic rings. The number of benzene rings is 3. The number of hydrogen-bond donors (Lipinski definition) is 0. The fourth-order valence-electron chi connectivity index (χ4n) is 3.26. The molecule has 4 rings (SSSR count). The number of thiazole rings is 1. The summed E-state index contributed by atoms with van der Waals surface area (Å²) in [6.45, 7) is 1.97. The number of amides is 1. The Balaban J connectivity index is 1.44. The van der Waals surface area contributed by atoms with Gasteiger partial charge in [0.2, 0.25) is 0 Å². The molecule has 0 saturated carbocycles. The van der Waals surface area contributed by atoms with Crippen LogP contribution in [0.25, 0.3) is 21.0 Å². The highest BCUT2D eigenvalue weighted by molar-refractivity contribution is 7.18. The van der Waals surface area contributed by atoms with Crippen LogP contribution in [-0.2, 0) is 16.1 Å². The highest BCUT2D eigenvalue weighted by atomic mass is 32.1. The topological polar surface area (TPSA) is 59.5 Å². The molecular weight excluding hydrogens is 384 g/mol.